The van der Waals surface area contributed by atoms with E-state index in [0.29, 0.717) is 17.1 Å². The molecule has 1 saturated heterocycles. The zero-order chi connectivity index (χ0) is 24.5. The van der Waals surface area contributed by atoms with Gasteiger partial charge in [0.1, 0.15) is 5.82 Å². The number of piperazine rings is 1. The van der Waals surface area contributed by atoms with Crippen LogP contribution in [0.1, 0.15) is 33.0 Å². The van der Waals surface area contributed by atoms with Crippen molar-refractivity contribution >= 4 is 11.6 Å². The Labute approximate surface area is 197 Å². The lowest BCUT2D eigenvalue weighted by Gasteiger charge is -2.32. The summed E-state index contributed by atoms with van der Waals surface area (Å²) in [4.78, 5) is 21.7. The number of imidazole rings is 1. The van der Waals surface area contributed by atoms with Crippen LogP contribution in [0, 0.1) is 13.8 Å². The molecule has 0 atom stereocenters. The highest BCUT2D eigenvalue weighted by molar-refractivity contribution is 6.04. The fourth-order valence-corrected chi connectivity index (χ4v) is 4.09. The smallest absolute Gasteiger partial charge is 0.322 e. The monoisotopic (exact) mass is 471 g/mol. The molecule has 0 radical (unpaired) electrons. The standard InChI is InChI=1S/C25H28F3N5O/c1-17-15-33(18(2)29-17)23-13-21(25(26,27)28)12-22(14-23)30-24(34)20-6-4-19(5-7-20)16-32-10-8-31(3)9-11-32/h4-7,12-15H,8-11,16H2,1-3H3,(H,30,34). The van der Waals surface area contributed by atoms with Crippen molar-refractivity contribution in [2.45, 2.75) is 26.6 Å². The van der Waals surface area contributed by atoms with Crippen LogP contribution in [0.3, 0.4) is 0 Å². The summed E-state index contributed by atoms with van der Waals surface area (Å²) in [5.41, 5.74) is 1.68. The third-order valence-electron chi connectivity index (χ3n) is 6.00. The number of aromatic nitrogens is 2. The maximum Gasteiger partial charge on any atom is 0.416 e. The maximum atomic E-state index is 13.5. The Balaban J connectivity index is 1.52. The van der Waals surface area contributed by atoms with Gasteiger partial charge in [-0.05, 0) is 56.8 Å². The Morgan fingerprint density at radius 1 is 1.03 bits per heavy atom. The quantitative estimate of drug-likeness (QED) is 0.595. The zero-order valence-corrected chi connectivity index (χ0v) is 19.5. The number of nitrogens with zero attached hydrogens (tertiary/aromatic N) is 4. The maximum absolute atomic E-state index is 13.5. The Kier molecular flexibility index (Phi) is 6.77. The molecule has 0 bridgehead atoms. The molecule has 1 fully saturated rings. The minimum atomic E-state index is -4.55. The molecule has 0 saturated carbocycles. The van der Waals surface area contributed by atoms with Gasteiger partial charge < -0.3 is 14.8 Å². The van der Waals surface area contributed by atoms with Crippen molar-refractivity contribution in [3.05, 3.63) is 76.9 Å². The number of carbonyl (C=O) groups excluding carboxylic acids is 1. The van der Waals surface area contributed by atoms with Crippen molar-refractivity contribution < 1.29 is 18.0 Å². The SMILES string of the molecule is Cc1cn(-c2cc(NC(=O)c3ccc(CN4CCN(C)CC4)cc3)cc(C(F)(F)F)c2)c(C)n1. The number of aryl methyl sites for hydroxylation is 2. The van der Waals surface area contributed by atoms with Crippen LogP contribution in [0.25, 0.3) is 5.69 Å². The molecule has 1 amide bonds. The van der Waals surface area contributed by atoms with Crippen molar-refractivity contribution in [1.29, 1.82) is 0 Å². The van der Waals surface area contributed by atoms with E-state index in [0.717, 1.165) is 50.4 Å². The summed E-state index contributed by atoms with van der Waals surface area (Å²) in [5.74, 6) is 0.0972. The molecular weight excluding hydrogens is 443 g/mol. The van der Waals surface area contributed by atoms with Gasteiger partial charge in [0.25, 0.3) is 5.91 Å². The Morgan fingerprint density at radius 3 is 2.29 bits per heavy atom. The molecule has 2 heterocycles. The summed E-state index contributed by atoms with van der Waals surface area (Å²) in [5, 5.41) is 2.62. The molecule has 1 aromatic heterocycles. The lowest BCUT2D eigenvalue weighted by atomic mass is 10.1. The highest BCUT2D eigenvalue weighted by atomic mass is 19.4. The van der Waals surface area contributed by atoms with Gasteiger partial charge in [-0.15, -0.1) is 0 Å². The number of rotatable bonds is 5. The molecule has 9 heteroatoms. The van der Waals surface area contributed by atoms with E-state index in [-0.39, 0.29) is 11.4 Å². The third kappa shape index (κ3) is 5.66. The van der Waals surface area contributed by atoms with Crippen molar-refractivity contribution in [3.63, 3.8) is 0 Å². The van der Waals surface area contributed by atoms with Crippen LogP contribution in [0.4, 0.5) is 18.9 Å². The molecule has 1 aliphatic heterocycles. The topological polar surface area (TPSA) is 53.4 Å². The molecule has 6 nitrogen and oxygen atoms in total. The van der Waals surface area contributed by atoms with Crippen LogP contribution in [-0.2, 0) is 12.7 Å². The van der Waals surface area contributed by atoms with Crippen LogP contribution in [0.5, 0.6) is 0 Å². The lowest BCUT2D eigenvalue weighted by Crippen LogP contribution is -2.43. The summed E-state index contributed by atoms with van der Waals surface area (Å²) in [6, 6.07) is 10.7. The number of hydrogen-bond donors (Lipinski definition) is 1. The average Bonchev–Trinajstić information content (AvgIpc) is 3.13. The van der Waals surface area contributed by atoms with E-state index >= 15 is 0 Å². The Hall–Kier alpha value is -3.17. The number of carbonyl (C=O) groups is 1. The summed E-state index contributed by atoms with van der Waals surface area (Å²) in [6.45, 7) is 8.33. The molecule has 4 rings (SSSR count). The number of halogens is 3. The number of anilines is 1. The van der Waals surface area contributed by atoms with Gasteiger partial charge in [0.2, 0.25) is 0 Å². The molecule has 1 N–H and O–H groups in total. The molecule has 3 aromatic rings. The fraction of sp³-hybridized carbons (Fsp3) is 0.360. The second-order valence-electron chi connectivity index (χ2n) is 8.80. The predicted octanol–water partition coefficient (Wildman–Crippen LogP) is 4.51. The number of likely N-dealkylation sites (N-methyl/N-ethyl adjacent to an activating group) is 1. The first-order chi connectivity index (χ1) is 16.1. The minimum Gasteiger partial charge on any atom is -0.322 e. The van der Waals surface area contributed by atoms with Crippen LogP contribution < -0.4 is 5.32 Å². The number of amides is 1. The van der Waals surface area contributed by atoms with Gasteiger partial charge in [-0.25, -0.2) is 4.98 Å². The van der Waals surface area contributed by atoms with Crippen molar-refractivity contribution in [1.82, 2.24) is 19.4 Å². The highest BCUT2D eigenvalue weighted by Gasteiger charge is 2.31. The molecule has 2 aromatic carbocycles. The van der Waals surface area contributed by atoms with Crippen LogP contribution >= 0.6 is 0 Å². The zero-order valence-electron chi connectivity index (χ0n) is 19.5. The van der Waals surface area contributed by atoms with Gasteiger partial charge in [-0.1, -0.05) is 12.1 Å². The molecule has 0 aliphatic carbocycles. The largest absolute Gasteiger partial charge is 0.416 e. The summed E-state index contributed by atoms with van der Waals surface area (Å²) >= 11 is 0. The van der Waals surface area contributed by atoms with Gasteiger partial charge in [-0.3, -0.25) is 9.69 Å². The second kappa shape index (κ2) is 9.60. The van der Waals surface area contributed by atoms with E-state index in [1.807, 2.05) is 12.1 Å². The van der Waals surface area contributed by atoms with Gasteiger partial charge >= 0.3 is 6.18 Å². The first-order valence-electron chi connectivity index (χ1n) is 11.1. The van der Waals surface area contributed by atoms with Crippen molar-refractivity contribution in [3.8, 4) is 5.69 Å². The summed E-state index contributed by atoms with van der Waals surface area (Å²) in [7, 11) is 2.11. The Morgan fingerprint density at radius 2 is 1.71 bits per heavy atom. The fourth-order valence-electron chi connectivity index (χ4n) is 4.09. The third-order valence-corrected chi connectivity index (χ3v) is 6.00. The van der Waals surface area contributed by atoms with E-state index in [1.54, 1.807) is 36.7 Å². The van der Waals surface area contributed by atoms with Crippen LogP contribution in [0.2, 0.25) is 0 Å². The summed E-state index contributed by atoms with van der Waals surface area (Å²) in [6.07, 6.45) is -2.89. The van der Waals surface area contributed by atoms with E-state index < -0.39 is 17.6 Å². The lowest BCUT2D eigenvalue weighted by molar-refractivity contribution is -0.137. The van der Waals surface area contributed by atoms with Gasteiger partial charge in [0, 0.05) is 55.9 Å². The van der Waals surface area contributed by atoms with Gasteiger partial charge in [0.15, 0.2) is 0 Å². The first-order valence-corrected chi connectivity index (χ1v) is 11.1. The predicted molar refractivity (Wildman–Crippen MR) is 125 cm³/mol. The molecule has 180 valence electrons. The molecule has 34 heavy (non-hydrogen) atoms. The number of benzene rings is 2. The molecule has 0 unspecified atom stereocenters. The van der Waals surface area contributed by atoms with Crippen LogP contribution in [-0.4, -0.2) is 58.5 Å². The minimum absolute atomic E-state index is 0.0714. The Bertz CT molecular complexity index is 1160. The van der Waals surface area contributed by atoms with Crippen LogP contribution in [0.15, 0.2) is 48.7 Å². The van der Waals surface area contributed by atoms with E-state index in [9.17, 15) is 18.0 Å². The van der Waals surface area contributed by atoms with E-state index in [2.05, 4.69) is 27.1 Å². The average molecular weight is 472 g/mol. The van der Waals surface area contributed by atoms with Gasteiger partial charge in [0.05, 0.1) is 11.3 Å². The number of nitrogens with one attached hydrogen (secondary N) is 1. The number of alkyl halides is 3. The molecule has 1 aliphatic rings. The van der Waals surface area contributed by atoms with Gasteiger partial charge in [-0.2, -0.15) is 13.2 Å². The second-order valence-corrected chi connectivity index (χ2v) is 8.80. The van der Waals surface area contributed by atoms with Crippen molar-refractivity contribution in [2.24, 2.45) is 0 Å². The first kappa shape index (κ1) is 24.0. The molecular formula is C25H28F3N5O. The van der Waals surface area contributed by atoms with Crippen molar-refractivity contribution in [2.75, 3.05) is 38.5 Å². The van der Waals surface area contributed by atoms with E-state index in [1.165, 1.54) is 6.07 Å². The van der Waals surface area contributed by atoms with E-state index in [4.69, 9.17) is 0 Å². The number of hydrogen-bond acceptors (Lipinski definition) is 4. The summed E-state index contributed by atoms with van der Waals surface area (Å²) < 4.78 is 42.2. The highest BCUT2D eigenvalue weighted by Crippen LogP contribution is 2.33. The normalized spacial score (nSPS) is 15.5. The molecule has 0 spiro atoms.